The number of nitrogens with zero attached hydrogens (tertiary/aromatic N) is 3. The van der Waals surface area contributed by atoms with Gasteiger partial charge in [-0.05, 0) is 43.9 Å². The number of aryl methyl sites for hydroxylation is 1. The van der Waals surface area contributed by atoms with Crippen molar-refractivity contribution in [3.8, 4) is 0 Å². The fraction of sp³-hybridized carbons (Fsp3) is 0.400. The highest BCUT2D eigenvalue weighted by Crippen LogP contribution is 2.26. The molecule has 1 aliphatic heterocycles. The molecule has 0 spiro atoms. The Kier molecular flexibility index (Phi) is 4.53. The highest BCUT2D eigenvalue weighted by atomic mass is 32.1. The molecule has 1 aliphatic rings. The van der Waals surface area contributed by atoms with Crippen molar-refractivity contribution in [2.24, 2.45) is 0 Å². The predicted molar refractivity (Wildman–Crippen MR) is 89.8 cm³/mol. The first-order valence-electron chi connectivity index (χ1n) is 7.44. The summed E-state index contributed by atoms with van der Waals surface area (Å²) in [6, 6.07) is 7.36. The Balaban J connectivity index is 1.58. The molecule has 0 radical (unpaired) electrons. The van der Waals surface area contributed by atoms with Gasteiger partial charge >= 0.3 is 6.03 Å². The minimum absolute atomic E-state index is 0.299. The summed E-state index contributed by atoms with van der Waals surface area (Å²) in [5, 5.41) is 15.1. The van der Waals surface area contributed by atoms with Crippen LogP contribution in [0.2, 0.25) is 0 Å². The van der Waals surface area contributed by atoms with E-state index in [2.05, 4.69) is 25.7 Å². The van der Waals surface area contributed by atoms with Crippen LogP contribution in [0.4, 0.5) is 20.7 Å². The standard InChI is InChI=1S/C15H19N5OS/c1-11-6-5-7-12(10-11)16-13(21)17-14-18-19-15(22-14)20-8-3-2-4-9-20/h5-7,10H,2-4,8-9H2,1H3,(H2,16,17,18,21). The number of carbonyl (C=O) groups is 1. The molecule has 0 atom stereocenters. The van der Waals surface area contributed by atoms with Gasteiger partial charge in [0.25, 0.3) is 0 Å². The lowest BCUT2D eigenvalue weighted by atomic mass is 10.1. The molecule has 0 aliphatic carbocycles. The minimum atomic E-state index is -0.299. The summed E-state index contributed by atoms with van der Waals surface area (Å²) in [5.41, 5.74) is 1.86. The molecule has 1 saturated heterocycles. The molecule has 1 aromatic heterocycles. The number of hydrogen-bond acceptors (Lipinski definition) is 5. The number of urea groups is 1. The third kappa shape index (κ3) is 3.73. The van der Waals surface area contributed by atoms with Crippen LogP contribution in [-0.2, 0) is 0 Å². The summed E-state index contributed by atoms with van der Waals surface area (Å²) in [6.07, 6.45) is 3.66. The van der Waals surface area contributed by atoms with E-state index in [0.717, 1.165) is 29.5 Å². The van der Waals surface area contributed by atoms with Crippen LogP contribution in [0.1, 0.15) is 24.8 Å². The van der Waals surface area contributed by atoms with Crippen LogP contribution < -0.4 is 15.5 Å². The maximum atomic E-state index is 12.0. The molecule has 22 heavy (non-hydrogen) atoms. The molecule has 6 nitrogen and oxygen atoms in total. The summed E-state index contributed by atoms with van der Waals surface area (Å²) in [4.78, 5) is 14.2. The number of anilines is 3. The van der Waals surface area contributed by atoms with Crippen molar-refractivity contribution in [1.82, 2.24) is 10.2 Å². The second kappa shape index (κ2) is 6.74. The third-order valence-corrected chi connectivity index (χ3v) is 4.44. The highest BCUT2D eigenvalue weighted by molar-refractivity contribution is 7.19. The van der Waals surface area contributed by atoms with E-state index in [1.165, 1.54) is 30.6 Å². The van der Waals surface area contributed by atoms with Gasteiger partial charge < -0.3 is 10.2 Å². The van der Waals surface area contributed by atoms with Crippen molar-refractivity contribution < 1.29 is 4.79 Å². The van der Waals surface area contributed by atoms with E-state index in [4.69, 9.17) is 0 Å². The molecule has 0 bridgehead atoms. The monoisotopic (exact) mass is 317 g/mol. The van der Waals surface area contributed by atoms with Gasteiger partial charge in [0, 0.05) is 18.8 Å². The average Bonchev–Trinajstić information content (AvgIpc) is 2.96. The largest absolute Gasteiger partial charge is 0.347 e. The van der Waals surface area contributed by atoms with Gasteiger partial charge in [-0.15, -0.1) is 10.2 Å². The number of carbonyl (C=O) groups excluding carboxylic acids is 1. The molecule has 2 heterocycles. The van der Waals surface area contributed by atoms with Gasteiger partial charge in [-0.2, -0.15) is 0 Å². The van der Waals surface area contributed by atoms with Crippen LogP contribution in [0, 0.1) is 6.92 Å². The predicted octanol–water partition coefficient (Wildman–Crippen LogP) is 3.48. The molecular formula is C15H19N5OS. The molecule has 3 rings (SSSR count). The Labute approximate surface area is 133 Å². The second-order valence-electron chi connectivity index (χ2n) is 5.39. The van der Waals surface area contributed by atoms with Crippen molar-refractivity contribution in [1.29, 1.82) is 0 Å². The van der Waals surface area contributed by atoms with E-state index >= 15 is 0 Å². The SMILES string of the molecule is Cc1cccc(NC(=O)Nc2nnc(N3CCCCC3)s2)c1. The van der Waals surface area contributed by atoms with Crippen molar-refractivity contribution >= 4 is 33.3 Å². The lowest BCUT2D eigenvalue weighted by Crippen LogP contribution is -2.29. The average molecular weight is 317 g/mol. The fourth-order valence-electron chi connectivity index (χ4n) is 2.46. The van der Waals surface area contributed by atoms with Crippen LogP contribution in [0.15, 0.2) is 24.3 Å². The molecule has 2 N–H and O–H groups in total. The summed E-state index contributed by atoms with van der Waals surface area (Å²) in [5.74, 6) is 0. The van der Waals surface area contributed by atoms with E-state index < -0.39 is 0 Å². The molecule has 2 amide bonds. The van der Waals surface area contributed by atoms with Crippen molar-refractivity contribution in [3.63, 3.8) is 0 Å². The minimum Gasteiger partial charge on any atom is -0.347 e. The zero-order valence-electron chi connectivity index (χ0n) is 12.5. The van der Waals surface area contributed by atoms with Gasteiger partial charge in [0.2, 0.25) is 10.3 Å². The summed E-state index contributed by atoms with van der Waals surface area (Å²) >= 11 is 1.41. The van der Waals surface area contributed by atoms with Crippen LogP contribution in [0.25, 0.3) is 0 Å². The first-order chi connectivity index (χ1) is 10.7. The van der Waals surface area contributed by atoms with Gasteiger partial charge in [-0.25, -0.2) is 4.79 Å². The number of aromatic nitrogens is 2. The highest BCUT2D eigenvalue weighted by Gasteiger charge is 2.16. The second-order valence-corrected chi connectivity index (χ2v) is 6.34. The maximum absolute atomic E-state index is 12.0. The lowest BCUT2D eigenvalue weighted by molar-refractivity contribution is 0.262. The molecule has 1 aromatic carbocycles. The normalized spacial score (nSPS) is 14.7. The Morgan fingerprint density at radius 1 is 1.18 bits per heavy atom. The molecule has 2 aromatic rings. The van der Waals surface area contributed by atoms with Gasteiger partial charge in [0.15, 0.2) is 0 Å². The van der Waals surface area contributed by atoms with Gasteiger partial charge in [-0.1, -0.05) is 23.5 Å². The maximum Gasteiger partial charge on any atom is 0.325 e. The van der Waals surface area contributed by atoms with Crippen molar-refractivity contribution in [2.45, 2.75) is 26.2 Å². The molecular weight excluding hydrogens is 298 g/mol. The summed E-state index contributed by atoms with van der Waals surface area (Å²) in [6.45, 7) is 4.02. The molecule has 116 valence electrons. The molecule has 7 heteroatoms. The van der Waals surface area contributed by atoms with Crippen molar-refractivity contribution in [3.05, 3.63) is 29.8 Å². The Bertz CT molecular complexity index is 651. The topological polar surface area (TPSA) is 70.1 Å². The van der Waals surface area contributed by atoms with Crippen molar-refractivity contribution in [2.75, 3.05) is 28.6 Å². The number of piperidine rings is 1. The molecule has 0 unspecified atom stereocenters. The third-order valence-electron chi connectivity index (χ3n) is 3.54. The van der Waals surface area contributed by atoms with E-state index in [9.17, 15) is 4.79 Å². The van der Waals surface area contributed by atoms with Gasteiger partial charge in [-0.3, -0.25) is 5.32 Å². The van der Waals surface area contributed by atoms with E-state index in [0.29, 0.717) is 5.13 Å². The smallest absolute Gasteiger partial charge is 0.325 e. The van der Waals surface area contributed by atoms with Crippen LogP contribution >= 0.6 is 11.3 Å². The fourth-order valence-corrected chi connectivity index (χ4v) is 3.25. The number of nitrogens with one attached hydrogen (secondary N) is 2. The number of hydrogen-bond donors (Lipinski definition) is 2. The van der Waals surface area contributed by atoms with E-state index in [1.54, 1.807) is 0 Å². The number of amides is 2. The quantitative estimate of drug-likeness (QED) is 0.909. The summed E-state index contributed by atoms with van der Waals surface area (Å²) < 4.78 is 0. The van der Waals surface area contributed by atoms with Gasteiger partial charge in [0.1, 0.15) is 0 Å². The molecule has 1 fully saturated rings. The zero-order chi connectivity index (χ0) is 15.4. The van der Waals surface area contributed by atoms with E-state index in [-0.39, 0.29) is 6.03 Å². The number of benzene rings is 1. The number of rotatable bonds is 3. The first-order valence-corrected chi connectivity index (χ1v) is 8.25. The Morgan fingerprint density at radius 2 is 2.00 bits per heavy atom. The van der Waals surface area contributed by atoms with Crippen LogP contribution in [0.3, 0.4) is 0 Å². The Hall–Kier alpha value is -2.15. The first kappa shape index (κ1) is 14.8. The zero-order valence-corrected chi connectivity index (χ0v) is 13.3. The van der Waals surface area contributed by atoms with Gasteiger partial charge in [0.05, 0.1) is 0 Å². The van der Waals surface area contributed by atoms with Crippen LogP contribution in [-0.4, -0.2) is 29.3 Å². The molecule has 0 saturated carbocycles. The lowest BCUT2D eigenvalue weighted by Gasteiger charge is -2.25. The van der Waals surface area contributed by atoms with Crippen LogP contribution in [0.5, 0.6) is 0 Å². The Morgan fingerprint density at radius 3 is 2.77 bits per heavy atom. The van der Waals surface area contributed by atoms with E-state index in [1.807, 2.05) is 31.2 Å². The summed E-state index contributed by atoms with van der Waals surface area (Å²) in [7, 11) is 0.